The van der Waals surface area contributed by atoms with E-state index in [1.54, 1.807) is 0 Å². The molecule has 2 rings (SSSR count). The van der Waals surface area contributed by atoms with Crippen LogP contribution in [0.3, 0.4) is 0 Å². The fourth-order valence-corrected chi connectivity index (χ4v) is 4.76. The lowest BCUT2D eigenvalue weighted by Gasteiger charge is -2.34. The Morgan fingerprint density at radius 1 is 1.50 bits per heavy atom. The van der Waals surface area contributed by atoms with Crippen LogP contribution < -0.4 is 5.32 Å². The van der Waals surface area contributed by atoms with Gasteiger partial charge in [0.25, 0.3) is 0 Å². The summed E-state index contributed by atoms with van der Waals surface area (Å²) in [6.45, 7) is 2.35. The first kappa shape index (κ1) is 14.5. The van der Waals surface area contributed by atoms with Gasteiger partial charge in [-0.05, 0) is 60.1 Å². The maximum atomic E-state index is 3.57. The minimum absolute atomic E-state index is 0.657. The van der Waals surface area contributed by atoms with Crippen molar-refractivity contribution in [2.24, 2.45) is 11.8 Å². The largest absolute Gasteiger partial charge is 0.316 e. The van der Waals surface area contributed by atoms with Gasteiger partial charge in [-0.25, -0.2) is 0 Å². The molecule has 0 amide bonds. The average Bonchev–Trinajstić information content (AvgIpc) is 2.81. The molecule has 0 saturated heterocycles. The van der Waals surface area contributed by atoms with Gasteiger partial charge in [0, 0.05) is 20.8 Å². The van der Waals surface area contributed by atoms with Crippen molar-refractivity contribution >= 4 is 27.3 Å². The number of likely N-dealkylation sites (N-methyl/N-ethyl adjacent to an activating group) is 1. The SMILES string of the molecule is CCC1CCCC(C(Cc2cc(Br)cs2)NC)C1. The number of halogens is 1. The summed E-state index contributed by atoms with van der Waals surface area (Å²) in [5.41, 5.74) is 0. The van der Waals surface area contributed by atoms with Crippen molar-refractivity contribution in [1.29, 1.82) is 0 Å². The Balaban J connectivity index is 1.95. The number of thiophene rings is 1. The van der Waals surface area contributed by atoms with Gasteiger partial charge < -0.3 is 5.32 Å². The molecule has 3 heteroatoms. The van der Waals surface area contributed by atoms with Crippen LogP contribution in [0, 0.1) is 11.8 Å². The molecule has 3 unspecified atom stereocenters. The Labute approximate surface area is 123 Å². The number of rotatable bonds is 5. The van der Waals surface area contributed by atoms with Crippen LogP contribution in [0.15, 0.2) is 15.9 Å². The first-order chi connectivity index (χ1) is 8.72. The first-order valence-corrected chi connectivity index (χ1v) is 8.80. The minimum atomic E-state index is 0.657. The third kappa shape index (κ3) is 3.82. The molecule has 0 bridgehead atoms. The van der Waals surface area contributed by atoms with Crippen molar-refractivity contribution in [1.82, 2.24) is 5.32 Å². The molecule has 1 aromatic heterocycles. The Kier molecular flexibility index (Phi) is 5.71. The molecule has 18 heavy (non-hydrogen) atoms. The third-order valence-electron chi connectivity index (χ3n) is 4.38. The van der Waals surface area contributed by atoms with Crippen LogP contribution in [0.2, 0.25) is 0 Å². The topological polar surface area (TPSA) is 12.0 Å². The predicted octanol–water partition coefficient (Wildman–Crippen LogP) is 4.86. The molecule has 0 aliphatic heterocycles. The van der Waals surface area contributed by atoms with Gasteiger partial charge in [-0.15, -0.1) is 11.3 Å². The second-order valence-electron chi connectivity index (χ2n) is 5.53. The smallest absolute Gasteiger partial charge is 0.0285 e. The molecule has 1 heterocycles. The summed E-state index contributed by atoms with van der Waals surface area (Å²) in [7, 11) is 2.13. The minimum Gasteiger partial charge on any atom is -0.316 e. The van der Waals surface area contributed by atoms with Crippen LogP contribution in [-0.4, -0.2) is 13.1 Å². The van der Waals surface area contributed by atoms with E-state index in [0.29, 0.717) is 6.04 Å². The van der Waals surface area contributed by atoms with Gasteiger partial charge >= 0.3 is 0 Å². The lowest BCUT2D eigenvalue weighted by atomic mass is 9.76. The quantitative estimate of drug-likeness (QED) is 0.813. The first-order valence-electron chi connectivity index (χ1n) is 7.13. The molecule has 1 aliphatic carbocycles. The summed E-state index contributed by atoms with van der Waals surface area (Å²) in [4.78, 5) is 1.50. The Bertz CT molecular complexity index is 363. The third-order valence-corrected chi connectivity index (χ3v) is 6.10. The summed E-state index contributed by atoms with van der Waals surface area (Å²) < 4.78 is 1.23. The van der Waals surface area contributed by atoms with Crippen molar-refractivity contribution in [2.75, 3.05) is 7.05 Å². The molecule has 1 N–H and O–H groups in total. The highest BCUT2D eigenvalue weighted by Gasteiger charge is 2.27. The van der Waals surface area contributed by atoms with Crippen molar-refractivity contribution in [3.63, 3.8) is 0 Å². The maximum Gasteiger partial charge on any atom is 0.0285 e. The molecule has 1 aliphatic rings. The summed E-state index contributed by atoms with van der Waals surface area (Å²) in [5.74, 6) is 1.84. The van der Waals surface area contributed by atoms with E-state index in [0.717, 1.165) is 11.8 Å². The lowest BCUT2D eigenvalue weighted by molar-refractivity contribution is 0.213. The standard InChI is InChI=1S/C15H24BrNS/c1-3-11-5-4-6-12(7-11)15(17-2)9-14-8-13(16)10-18-14/h8,10-12,15,17H,3-7,9H2,1-2H3. The van der Waals surface area contributed by atoms with Gasteiger partial charge in [0.2, 0.25) is 0 Å². The van der Waals surface area contributed by atoms with Gasteiger partial charge in [-0.1, -0.05) is 26.2 Å². The van der Waals surface area contributed by atoms with Gasteiger partial charge in [-0.3, -0.25) is 0 Å². The fraction of sp³-hybridized carbons (Fsp3) is 0.733. The van der Waals surface area contributed by atoms with Gasteiger partial charge in [0.15, 0.2) is 0 Å². The van der Waals surface area contributed by atoms with E-state index < -0.39 is 0 Å². The van der Waals surface area contributed by atoms with Crippen LogP contribution in [0.4, 0.5) is 0 Å². The summed E-state index contributed by atoms with van der Waals surface area (Å²) in [6, 6.07) is 2.93. The van der Waals surface area contributed by atoms with E-state index in [1.807, 2.05) is 11.3 Å². The van der Waals surface area contributed by atoms with Crippen LogP contribution in [0.25, 0.3) is 0 Å². The van der Waals surface area contributed by atoms with Crippen molar-refractivity contribution in [3.8, 4) is 0 Å². The zero-order valence-corrected chi connectivity index (χ0v) is 13.8. The maximum absolute atomic E-state index is 3.57. The van der Waals surface area contributed by atoms with Gasteiger partial charge in [0.05, 0.1) is 0 Å². The molecular weight excluding hydrogens is 306 g/mol. The molecule has 3 atom stereocenters. The molecule has 0 spiro atoms. The lowest BCUT2D eigenvalue weighted by Crippen LogP contribution is -2.38. The van der Waals surface area contributed by atoms with Crippen molar-refractivity contribution < 1.29 is 0 Å². The Morgan fingerprint density at radius 2 is 2.33 bits per heavy atom. The average molecular weight is 330 g/mol. The van der Waals surface area contributed by atoms with E-state index in [1.165, 1.54) is 47.9 Å². The van der Waals surface area contributed by atoms with Crippen LogP contribution in [-0.2, 0) is 6.42 Å². The van der Waals surface area contributed by atoms with Crippen LogP contribution >= 0.6 is 27.3 Å². The summed E-state index contributed by atoms with van der Waals surface area (Å²) in [5, 5.41) is 5.76. The zero-order chi connectivity index (χ0) is 13.0. The molecule has 1 nitrogen and oxygen atoms in total. The molecule has 0 radical (unpaired) electrons. The molecular formula is C15H24BrNS. The van der Waals surface area contributed by atoms with Gasteiger partial charge in [-0.2, -0.15) is 0 Å². The Hall–Kier alpha value is 0.140. The zero-order valence-electron chi connectivity index (χ0n) is 11.4. The highest BCUT2D eigenvalue weighted by Crippen LogP contribution is 2.34. The molecule has 1 aromatic rings. The number of hydrogen-bond donors (Lipinski definition) is 1. The number of nitrogens with one attached hydrogen (secondary N) is 1. The van der Waals surface area contributed by atoms with E-state index >= 15 is 0 Å². The van der Waals surface area contributed by atoms with Crippen molar-refractivity contribution in [3.05, 3.63) is 20.8 Å². The monoisotopic (exact) mass is 329 g/mol. The molecule has 1 fully saturated rings. The number of hydrogen-bond acceptors (Lipinski definition) is 2. The summed E-state index contributed by atoms with van der Waals surface area (Å²) >= 11 is 5.43. The van der Waals surface area contributed by atoms with Gasteiger partial charge in [0.1, 0.15) is 0 Å². The molecule has 102 valence electrons. The highest BCUT2D eigenvalue weighted by molar-refractivity contribution is 9.10. The Morgan fingerprint density at radius 3 is 2.94 bits per heavy atom. The van der Waals surface area contributed by atoms with E-state index in [9.17, 15) is 0 Å². The normalized spacial score (nSPS) is 26.2. The molecule has 1 saturated carbocycles. The second kappa shape index (κ2) is 7.06. The van der Waals surface area contributed by atoms with Crippen LogP contribution in [0.1, 0.15) is 43.9 Å². The second-order valence-corrected chi connectivity index (χ2v) is 7.44. The fourth-order valence-electron chi connectivity index (χ4n) is 3.25. The van der Waals surface area contributed by atoms with Crippen LogP contribution in [0.5, 0.6) is 0 Å². The molecule has 0 aromatic carbocycles. The summed E-state index contributed by atoms with van der Waals surface area (Å²) in [6.07, 6.45) is 8.26. The van der Waals surface area contributed by atoms with E-state index in [2.05, 4.69) is 46.7 Å². The van der Waals surface area contributed by atoms with E-state index in [-0.39, 0.29) is 0 Å². The van der Waals surface area contributed by atoms with Crippen molar-refractivity contribution in [2.45, 2.75) is 51.5 Å². The van der Waals surface area contributed by atoms with E-state index in [4.69, 9.17) is 0 Å². The predicted molar refractivity (Wildman–Crippen MR) is 84.3 cm³/mol. The highest BCUT2D eigenvalue weighted by atomic mass is 79.9.